The number of para-hydroxylation sites is 2. The first kappa shape index (κ1) is 102. The van der Waals surface area contributed by atoms with Gasteiger partial charge < -0.3 is 52.5 Å². The van der Waals surface area contributed by atoms with Crippen molar-refractivity contribution in [3.05, 3.63) is 191 Å². The number of aliphatic hydroxyl groups excluding tert-OH is 1. The molecule has 12 rings (SSSR count). The number of carbonyl (C=O) groups is 14. The third-order valence-electron chi connectivity index (χ3n) is 21.9. The van der Waals surface area contributed by atoms with Crippen LogP contribution in [-0.2, 0) is 83.5 Å². The fourth-order valence-corrected chi connectivity index (χ4v) is 15.0. The summed E-state index contributed by atoms with van der Waals surface area (Å²) >= 11 is 6.65. The Labute approximate surface area is 759 Å². The monoisotopic (exact) mass is 1870 g/mol. The van der Waals surface area contributed by atoms with Gasteiger partial charge in [-0.1, -0.05) is 158 Å². The first-order valence-electron chi connectivity index (χ1n) is 43.8. The van der Waals surface area contributed by atoms with Crippen LogP contribution in [0.4, 0.5) is 0 Å². The molecule has 0 fully saturated rings. The molecule has 4 heterocycles. The van der Waals surface area contributed by atoms with Crippen LogP contribution >= 0.6 is 34.2 Å². The molecule has 4 aromatic heterocycles. The van der Waals surface area contributed by atoms with Gasteiger partial charge in [-0.05, 0) is 216 Å². The van der Waals surface area contributed by atoms with Gasteiger partial charge in [0.15, 0.2) is 5.78 Å². The molecule has 25 nitrogen and oxygen atoms in total. The summed E-state index contributed by atoms with van der Waals surface area (Å²) in [5.41, 5.74) is 8.71. The summed E-state index contributed by atoms with van der Waals surface area (Å²) in [6, 6.07) is 46.6. The number of carbonyl (C=O) groups excluding carboxylic acids is 12. The molecular weight excluding hydrogens is 1760 g/mol. The number of fused-ring (bicyclic) bond motifs is 12. The van der Waals surface area contributed by atoms with E-state index in [0.717, 1.165) is 119 Å². The second-order valence-electron chi connectivity index (χ2n) is 29.9. The lowest BCUT2D eigenvalue weighted by Crippen LogP contribution is -2.21. The number of benzene rings is 8. The number of halogens is 2. The molecular formula is C100H116ClIN4O21. The second kappa shape index (κ2) is 51.7. The summed E-state index contributed by atoms with van der Waals surface area (Å²) in [6.07, 6.45) is 12.8. The standard InChI is InChI=1S/C34H45NO6.C21H19NO5.C18H13NO6.C14H13N.C8H18O.C4H5ClO3.CH3I/c1-6-11-13-23(8-3)21-40-33(38)31(36)25-15-17-29-27(19-25)28-20-26(16-18-30(28)35(29)10-5)32(37)34(39)41-22-24(9-4)14-12-7-2;1-4-22-17-8-6-13(19(24)12(3)23)10-15(17)16-11-14(7-9-18(16)22)20(25)21(26)27-5-2;1-2-19-13-5-3-9(15(20)17(22)23)7-11(13)12-8-10(4-6-14(12)19)16(21)18(24)25;1-2-15-13-9-5-3-7-11(13)12-8-4-6-10-14(12)15;1-3-5-6-8(4-2)7-9;1-2-8-4(7)3(5)6;1-2/h15-20,23-24H,6-14,21-22H2,1-5H3;6-11H,4-5H2,1-3H3;3-8H,2H2,1H3,(H,22,23)(H,24,25);3-10H,2H2,1H3;8-9H,3-7H2,1-2H3;2H2,1H3;1H3/i;;;;;;1D. The Morgan fingerprint density at radius 2 is 0.591 bits per heavy atom. The Morgan fingerprint density at radius 1 is 0.346 bits per heavy atom. The molecule has 3 unspecified atom stereocenters. The van der Waals surface area contributed by atoms with Crippen molar-refractivity contribution in [1.29, 1.82) is 0 Å². The SMILES string of the molecule is CCCCC(CC)CO.CCCCC(CC)COC(=O)C(=O)c1ccc2c(c1)c1cc(C(=O)C(=O)OCC(CC)CCCC)ccc1n2CC.CCOC(=O)C(=O)Cl.CCOC(=O)C(=O)c1ccc2c(c1)c1cc(C(=O)C(C)=O)ccc1n2CC.CCn1c2ccc(C(=O)C(=O)O)cc2c2cc(C(=O)C(=O)O)ccc21.CCn1c2ccccc2c2ccccc21.[2H]CI. The maximum absolute atomic E-state index is 13.0. The van der Waals surface area contributed by atoms with E-state index in [9.17, 15) is 67.1 Å². The van der Waals surface area contributed by atoms with E-state index < -0.39 is 81.5 Å². The predicted molar refractivity (Wildman–Crippen MR) is 505 cm³/mol. The molecule has 3 N–H and O–H groups in total. The number of unbranched alkanes of at least 4 members (excludes halogenated alkanes) is 3. The van der Waals surface area contributed by atoms with Gasteiger partial charge in [0, 0.05) is 162 Å². The maximum Gasteiger partial charge on any atom is 0.391 e. The number of aliphatic hydroxyl groups is 1. The molecule has 0 saturated heterocycles. The van der Waals surface area contributed by atoms with Crippen molar-refractivity contribution in [2.24, 2.45) is 17.8 Å². The van der Waals surface area contributed by atoms with Crippen LogP contribution in [0.25, 0.3) is 87.2 Å². The van der Waals surface area contributed by atoms with E-state index in [2.05, 4.69) is 111 Å². The van der Waals surface area contributed by atoms with E-state index >= 15 is 0 Å². The number of aryl methyl sites for hydroxylation is 4. The van der Waals surface area contributed by atoms with E-state index in [-0.39, 0.29) is 66.1 Å². The Balaban J connectivity index is 0.000000254. The van der Waals surface area contributed by atoms with Gasteiger partial charge in [0.1, 0.15) is 0 Å². The molecule has 27 heteroatoms. The van der Waals surface area contributed by atoms with Gasteiger partial charge in [-0.15, -0.1) is 0 Å². The fourth-order valence-electron chi connectivity index (χ4n) is 14.9. The van der Waals surface area contributed by atoms with Crippen molar-refractivity contribution in [2.45, 2.75) is 193 Å². The van der Waals surface area contributed by atoms with Gasteiger partial charge in [0.25, 0.3) is 28.9 Å². The van der Waals surface area contributed by atoms with Gasteiger partial charge >= 0.3 is 41.1 Å². The number of hydrogen-bond donors (Lipinski definition) is 3. The second-order valence-corrected chi connectivity index (χ2v) is 30.2. The van der Waals surface area contributed by atoms with Gasteiger partial charge in [0.05, 0.1) is 26.4 Å². The lowest BCUT2D eigenvalue weighted by molar-refractivity contribution is -0.150. The molecule has 8 aromatic carbocycles. The number of esters is 4. The highest BCUT2D eigenvalue weighted by Gasteiger charge is 2.27. The quantitative estimate of drug-likeness (QED) is 0.00624. The minimum atomic E-state index is -1.56. The van der Waals surface area contributed by atoms with E-state index in [1.165, 1.54) is 72.3 Å². The average molecular weight is 1870 g/mol. The third-order valence-corrected chi connectivity index (χ3v) is 22.0. The number of hydrogen-bond acceptors (Lipinski definition) is 19. The van der Waals surface area contributed by atoms with Crippen molar-refractivity contribution >= 4 is 203 Å². The van der Waals surface area contributed by atoms with Crippen LogP contribution in [0.15, 0.2) is 158 Å². The van der Waals surface area contributed by atoms with Crippen LogP contribution < -0.4 is 0 Å². The number of ketones is 7. The normalized spacial score (nSPS) is 11.6. The minimum Gasteiger partial charge on any atom is -0.475 e. The molecule has 676 valence electrons. The Kier molecular flexibility index (Phi) is 41.6. The summed E-state index contributed by atoms with van der Waals surface area (Å²) in [6.45, 7) is 29.4. The van der Waals surface area contributed by atoms with Crippen LogP contribution in [0.2, 0.25) is 0 Å². The molecule has 0 spiro atoms. The fraction of sp³-hybridized carbons (Fsp3) is 0.380. The summed E-state index contributed by atoms with van der Waals surface area (Å²) < 4.78 is 34.4. The highest BCUT2D eigenvalue weighted by molar-refractivity contribution is 14.1. The summed E-state index contributed by atoms with van der Waals surface area (Å²) in [4.78, 5) is 164. The third kappa shape index (κ3) is 26.6. The molecule has 0 aliphatic rings. The maximum atomic E-state index is 13.0. The number of nitrogens with zero attached hydrogens (tertiary/aromatic N) is 4. The van der Waals surface area contributed by atoms with Crippen LogP contribution in [0.3, 0.4) is 0 Å². The smallest absolute Gasteiger partial charge is 0.391 e. The zero-order valence-corrected chi connectivity index (χ0v) is 77.4. The van der Waals surface area contributed by atoms with Crippen molar-refractivity contribution in [3.63, 3.8) is 0 Å². The molecule has 127 heavy (non-hydrogen) atoms. The van der Waals surface area contributed by atoms with Crippen molar-refractivity contribution in [2.75, 3.05) is 37.9 Å². The first-order valence-corrected chi connectivity index (χ1v) is 45.0. The zero-order valence-electron chi connectivity index (χ0n) is 75.5. The van der Waals surface area contributed by atoms with Gasteiger partial charge in [-0.25, -0.2) is 28.8 Å². The van der Waals surface area contributed by atoms with E-state index in [4.69, 9.17) is 42.5 Å². The predicted octanol–water partition coefficient (Wildman–Crippen LogP) is 20.8. The molecule has 0 aliphatic heterocycles. The van der Waals surface area contributed by atoms with Crippen molar-refractivity contribution in [3.8, 4) is 0 Å². The molecule has 0 saturated carbocycles. The molecule has 0 amide bonds. The molecule has 0 aliphatic carbocycles. The average Bonchev–Trinajstić information content (AvgIpc) is 1.61. The van der Waals surface area contributed by atoms with Crippen LogP contribution in [0, 0.1) is 17.8 Å². The Hall–Kier alpha value is -11.9. The van der Waals surface area contributed by atoms with Gasteiger partial charge in [0.2, 0.25) is 5.78 Å². The van der Waals surface area contributed by atoms with Crippen molar-refractivity contribution < 1.29 is 103 Å². The lowest BCUT2D eigenvalue weighted by atomic mass is 10.0. The van der Waals surface area contributed by atoms with Gasteiger partial charge in [-0.2, -0.15) is 0 Å². The number of aromatic nitrogens is 4. The van der Waals surface area contributed by atoms with Gasteiger partial charge in [-0.3, -0.25) is 38.4 Å². The lowest BCUT2D eigenvalue weighted by Gasteiger charge is -2.14. The number of aliphatic carboxylic acids is 2. The number of carboxylic acids is 2. The topological polar surface area (TPSA) is 356 Å². The summed E-state index contributed by atoms with van der Waals surface area (Å²) in [5.74, 6) is -10.9. The summed E-state index contributed by atoms with van der Waals surface area (Å²) in [7, 11) is 0. The Bertz CT molecular complexity index is 5750. The highest BCUT2D eigenvalue weighted by atomic mass is 127. The van der Waals surface area contributed by atoms with E-state index in [1.807, 2.05) is 64.6 Å². The Morgan fingerprint density at radius 3 is 0.819 bits per heavy atom. The summed E-state index contributed by atoms with van der Waals surface area (Å²) in [5, 5.41) is 32.3. The number of ether oxygens (including phenoxy) is 4. The first-order chi connectivity index (χ1) is 61.4. The van der Waals surface area contributed by atoms with E-state index in [1.54, 1.807) is 86.6 Å². The van der Waals surface area contributed by atoms with Crippen LogP contribution in [0.1, 0.15) is 231 Å². The zero-order chi connectivity index (χ0) is 94.6. The number of alkyl halides is 1. The number of Topliss-reactive ketones (excluding diaryl/α,β-unsaturated/α-hetero) is 7. The number of rotatable bonds is 36. The molecule has 3 atom stereocenters. The highest BCUT2D eigenvalue weighted by Crippen LogP contribution is 2.36. The molecule has 0 radical (unpaired) electrons. The molecule has 12 aromatic rings. The molecule has 0 bridgehead atoms. The van der Waals surface area contributed by atoms with Crippen LogP contribution in [-0.4, -0.2) is 153 Å². The van der Waals surface area contributed by atoms with Crippen LogP contribution in [0.5, 0.6) is 0 Å². The largest absolute Gasteiger partial charge is 0.475 e. The van der Waals surface area contributed by atoms with E-state index in [0.29, 0.717) is 53.4 Å². The number of carboxylic acid groups (broad SMARTS) is 2. The minimum absolute atomic E-state index is 0.0186. The van der Waals surface area contributed by atoms with Crippen molar-refractivity contribution in [1.82, 2.24) is 18.3 Å².